The van der Waals surface area contributed by atoms with Crippen LogP contribution >= 0.6 is 11.8 Å². The van der Waals surface area contributed by atoms with Gasteiger partial charge in [0.2, 0.25) is 10.0 Å². The normalized spacial score (nSPS) is 22.9. The van der Waals surface area contributed by atoms with Crippen LogP contribution in [0.25, 0.3) is 0 Å². The van der Waals surface area contributed by atoms with Crippen LogP contribution in [-0.2, 0) is 16.6 Å². The van der Waals surface area contributed by atoms with E-state index in [1.165, 1.54) is 0 Å². The molecule has 1 heterocycles. The van der Waals surface area contributed by atoms with Gasteiger partial charge in [0, 0.05) is 23.4 Å². The summed E-state index contributed by atoms with van der Waals surface area (Å²) in [5.41, 5.74) is 6.26. The van der Waals surface area contributed by atoms with Crippen molar-refractivity contribution in [3.05, 3.63) is 17.1 Å². The number of hydrogen-bond acceptors (Lipinski definition) is 5. The number of nitrogens with one attached hydrogen (secondary N) is 1. The number of hydrogen-bond donors (Lipinski definition) is 2. The lowest BCUT2D eigenvalue weighted by atomic mass is 10.2. The molecule has 2 unspecified atom stereocenters. The summed E-state index contributed by atoms with van der Waals surface area (Å²) < 4.78 is 33.5. The average molecular weight is 332 g/mol. The topological polar surface area (TPSA) is 85.3 Å². The fraction of sp³-hybridized carbons (Fsp3) is 0.714. The molecule has 1 saturated carbocycles. The van der Waals surface area contributed by atoms with Gasteiger partial charge in [0.05, 0.1) is 0 Å². The van der Waals surface area contributed by atoms with Gasteiger partial charge in [-0.1, -0.05) is 6.92 Å². The molecule has 0 bridgehead atoms. The van der Waals surface area contributed by atoms with Crippen LogP contribution in [0, 0.1) is 13.8 Å². The molecule has 3 N–H and O–H groups in total. The molecule has 2 atom stereocenters. The first-order valence-electron chi connectivity index (χ1n) is 7.31. The minimum absolute atomic E-state index is 0.0132. The molecule has 0 amide bonds. The number of aryl methyl sites for hydroxylation is 2. The molecule has 0 saturated heterocycles. The molecule has 1 aromatic heterocycles. The highest BCUT2D eigenvalue weighted by atomic mass is 32.2. The predicted octanol–water partition coefficient (Wildman–Crippen LogP) is 2.31. The second kappa shape index (κ2) is 6.73. The zero-order valence-corrected chi connectivity index (χ0v) is 14.4. The second-order valence-electron chi connectivity index (χ2n) is 5.43. The van der Waals surface area contributed by atoms with Crippen molar-refractivity contribution in [1.29, 1.82) is 0 Å². The van der Waals surface area contributed by atoms with Crippen molar-refractivity contribution in [3.63, 3.8) is 0 Å². The molecular weight excluding hydrogens is 308 g/mol. The van der Waals surface area contributed by atoms with E-state index < -0.39 is 10.0 Å². The Kier molecular flexibility index (Phi) is 5.40. The van der Waals surface area contributed by atoms with Crippen molar-refractivity contribution in [2.75, 3.05) is 5.75 Å². The summed E-state index contributed by atoms with van der Waals surface area (Å²) >= 11 is 1.91. The van der Waals surface area contributed by atoms with Crippen molar-refractivity contribution in [2.24, 2.45) is 5.73 Å². The van der Waals surface area contributed by atoms with Gasteiger partial charge >= 0.3 is 0 Å². The smallest absolute Gasteiger partial charge is 0.244 e. The predicted molar refractivity (Wildman–Crippen MR) is 86.0 cm³/mol. The Morgan fingerprint density at radius 3 is 2.67 bits per heavy atom. The first-order chi connectivity index (χ1) is 9.89. The summed E-state index contributed by atoms with van der Waals surface area (Å²) in [4.78, 5) is 0.231. The number of sulfonamides is 1. The van der Waals surface area contributed by atoms with Crippen LogP contribution in [0.3, 0.4) is 0 Å². The number of furan rings is 1. The Morgan fingerprint density at radius 1 is 1.33 bits per heavy atom. The van der Waals surface area contributed by atoms with E-state index in [1.54, 1.807) is 13.8 Å². The summed E-state index contributed by atoms with van der Waals surface area (Å²) in [6, 6.07) is 0.0132. The largest absolute Gasteiger partial charge is 0.465 e. The first kappa shape index (κ1) is 16.9. The zero-order chi connectivity index (χ0) is 15.6. The van der Waals surface area contributed by atoms with E-state index in [1.807, 2.05) is 11.8 Å². The summed E-state index contributed by atoms with van der Waals surface area (Å²) in [6.07, 6.45) is 2.86. The van der Waals surface area contributed by atoms with Crippen LogP contribution in [0.15, 0.2) is 9.31 Å². The molecule has 21 heavy (non-hydrogen) atoms. The van der Waals surface area contributed by atoms with Crippen LogP contribution in [0.5, 0.6) is 0 Å². The van der Waals surface area contributed by atoms with E-state index in [9.17, 15) is 8.42 Å². The van der Waals surface area contributed by atoms with E-state index in [0.717, 1.165) is 25.0 Å². The number of nitrogens with two attached hydrogens (primary N) is 1. The molecule has 1 aromatic rings. The molecule has 1 fully saturated rings. The third-order valence-electron chi connectivity index (χ3n) is 3.91. The van der Waals surface area contributed by atoms with E-state index in [4.69, 9.17) is 10.2 Å². The SMILES string of the molecule is CCSC1CCC(NS(=O)(=O)c2c(C)oc(C)c2CN)C1. The second-order valence-corrected chi connectivity index (χ2v) is 8.66. The maximum absolute atomic E-state index is 12.6. The Labute approximate surface area is 131 Å². The molecule has 0 aliphatic heterocycles. The fourth-order valence-electron chi connectivity index (χ4n) is 3.01. The number of rotatable bonds is 6. The molecule has 120 valence electrons. The third kappa shape index (κ3) is 3.64. The van der Waals surface area contributed by atoms with E-state index in [-0.39, 0.29) is 17.5 Å². The van der Waals surface area contributed by atoms with E-state index in [0.29, 0.717) is 22.3 Å². The van der Waals surface area contributed by atoms with Gasteiger partial charge in [-0.2, -0.15) is 11.8 Å². The Morgan fingerprint density at radius 2 is 2.05 bits per heavy atom. The van der Waals surface area contributed by atoms with Crippen molar-refractivity contribution < 1.29 is 12.8 Å². The van der Waals surface area contributed by atoms with Crippen LogP contribution in [-0.4, -0.2) is 25.5 Å². The average Bonchev–Trinajstić information content (AvgIpc) is 2.93. The summed E-state index contributed by atoms with van der Waals surface area (Å²) in [5, 5.41) is 0.559. The molecule has 0 aromatic carbocycles. The van der Waals surface area contributed by atoms with Crippen molar-refractivity contribution in [3.8, 4) is 0 Å². The highest BCUT2D eigenvalue weighted by Gasteiger charge is 2.32. The Balaban J connectivity index is 2.17. The van der Waals surface area contributed by atoms with Gasteiger partial charge in [0.1, 0.15) is 16.4 Å². The Hall–Kier alpha value is -0.500. The molecule has 1 aliphatic rings. The molecule has 2 rings (SSSR count). The van der Waals surface area contributed by atoms with Crippen molar-refractivity contribution in [2.45, 2.75) is 62.8 Å². The number of thioether (sulfide) groups is 1. The first-order valence-corrected chi connectivity index (χ1v) is 9.85. The van der Waals surface area contributed by atoms with Crippen LogP contribution in [0.1, 0.15) is 43.3 Å². The zero-order valence-electron chi connectivity index (χ0n) is 12.8. The van der Waals surface area contributed by atoms with E-state index >= 15 is 0 Å². The maximum atomic E-state index is 12.6. The minimum atomic E-state index is -3.57. The van der Waals surface area contributed by atoms with Gasteiger partial charge in [0.25, 0.3) is 0 Å². The fourth-order valence-corrected chi connectivity index (χ4v) is 5.90. The highest BCUT2D eigenvalue weighted by Crippen LogP contribution is 2.32. The highest BCUT2D eigenvalue weighted by molar-refractivity contribution is 7.99. The van der Waals surface area contributed by atoms with Crippen LogP contribution < -0.4 is 10.5 Å². The van der Waals surface area contributed by atoms with Gasteiger partial charge in [-0.05, 0) is 38.9 Å². The molecule has 5 nitrogen and oxygen atoms in total. The van der Waals surface area contributed by atoms with Gasteiger partial charge in [0.15, 0.2) is 0 Å². The third-order valence-corrected chi connectivity index (χ3v) is 6.85. The standard InChI is InChI=1S/C14H24N2O3S2/c1-4-20-12-6-5-11(7-12)16-21(17,18)14-10(3)19-9(2)13(14)8-15/h11-12,16H,4-8,15H2,1-3H3. The Bertz CT molecular complexity index is 596. The monoisotopic (exact) mass is 332 g/mol. The lowest BCUT2D eigenvalue weighted by Crippen LogP contribution is -2.34. The molecule has 7 heteroatoms. The lowest BCUT2D eigenvalue weighted by Gasteiger charge is -2.14. The molecule has 0 radical (unpaired) electrons. The summed E-state index contributed by atoms with van der Waals surface area (Å²) in [6.45, 7) is 5.72. The molecular formula is C14H24N2O3S2. The summed E-state index contributed by atoms with van der Waals surface area (Å²) in [7, 11) is -3.57. The maximum Gasteiger partial charge on any atom is 0.244 e. The van der Waals surface area contributed by atoms with E-state index in [2.05, 4.69) is 11.6 Å². The van der Waals surface area contributed by atoms with Gasteiger partial charge < -0.3 is 10.2 Å². The van der Waals surface area contributed by atoms with Crippen molar-refractivity contribution in [1.82, 2.24) is 4.72 Å². The molecule has 0 spiro atoms. The van der Waals surface area contributed by atoms with Crippen LogP contribution in [0.4, 0.5) is 0 Å². The van der Waals surface area contributed by atoms with Gasteiger partial charge in [-0.25, -0.2) is 13.1 Å². The lowest BCUT2D eigenvalue weighted by molar-refractivity contribution is 0.493. The van der Waals surface area contributed by atoms with Crippen molar-refractivity contribution >= 4 is 21.8 Å². The quantitative estimate of drug-likeness (QED) is 0.835. The summed E-state index contributed by atoms with van der Waals surface area (Å²) in [5.74, 6) is 2.07. The molecule has 1 aliphatic carbocycles. The minimum Gasteiger partial charge on any atom is -0.465 e. The van der Waals surface area contributed by atoms with Gasteiger partial charge in [-0.3, -0.25) is 0 Å². The van der Waals surface area contributed by atoms with Gasteiger partial charge in [-0.15, -0.1) is 0 Å². The van der Waals surface area contributed by atoms with Crippen LogP contribution in [0.2, 0.25) is 0 Å².